The van der Waals surface area contributed by atoms with E-state index in [1.807, 2.05) is 27.6 Å². The molecule has 7 fully saturated rings. The molecular formula is C33H35FN6O2. The number of halogens is 1. The minimum atomic E-state index is -1.01. The normalized spacial score (nSPS) is 32.9. The predicted molar refractivity (Wildman–Crippen MR) is 154 cm³/mol. The fraction of sp³-hybridized carbons (Fsp3) is 0.545. The summed E-state index contributed by atoms with van der Waals surface area (Å²) in [6, 6.07) is 12.4. The second-order valence-corrected chi connectivity index (χ2v) is 14.4. The van der Waals surface area contributed by atoms with Crippen molar-refractivity contribution in [2.45, 2.75) is 94.1 Å². The van der Waals surface area contributed by atoms with Gasteiger partial charge in [-0.05, 0) is 117 Å². The molecule has 1 amide bonds. The number of hydrogen-bond donors (Lipinski definition) is 0. The van der Waals surface area contributed by atoms with Gasteiger partial charge in [0.25, 0.3) is 0 Å². The van der Waals surface area contributed by atoms with Crippen LogP contribution in [0.3, 0.4) is 0 Å². The minimum absolute atomic E-state index is 0.0156. The molecule has 7 aliphatic carbocycles. The maximum Gasteiger partial charge on any atom is 0.232 e. The van der Waals surface area contributed by atoms with Crippen LogP contribution in [0.5, 0.6) is 0 Å². The van der Waals surface area contributed by atoms with E-state index in [-0.39, 0.29) is 22.2 Å². The number of rotatable bonds is 8. The van der Waals surface area contributed by atoms with E-state index in [2.05, 4.69) is 39.6 Å². The Bertz CT molecular complexity index is 1680. The second kappa shape index (κ2) is 8.48. The zero-order valence-electron chi connectivity index (χ0n) is 23.8. The molecule has 11 rings (SSSR count). The molecule has 7 aliphatic rings. The minimum Gasteiger partial charge on any atom is -0.339 e. The molecule has 0 radical (unpaired) electrons. The lowest BCUT2D eigenvalue weighted by molar-refractivity contribution is -0.215. The summed E-state index contributed by atoms with van der Waals surface area (Å²) in [5, 5.41) is 12.5. The molecule has 0 atom stereocenters. The first-order valence-electron chi connectivity index (χ1n) is 15.6. The zero-order valence-corrected chi connectivity index (χ0v) is 23.8. The van der Waals surface area contributed by atoms with E-state index in [1.54, 1.807) is 6.33 Å². The number of carbonyl (C=O) groups excluding carboxylic acids is 1. The Morgan fingerprint density at radius 1 is 1.00 bits per heavy atom. The van der Waals surface area contributed by atoms with E-state index in [9.17, 15) is 9.18 Å². The Morgan fingerprint density at radius 2 is 1.76 bits per heavy atom. The molecule has 7 saturated carbocycles. The van der Waals surface area contributed by atoms with Gasteiger partial charge in [-0.15, -0.1) is 10.2 Å². The third kappa shape index (κ3) is 3.88. The quantitative estimate of drug-likeness (QED) is 0.240. The smallest absolute Gasteiger partial charge is 0.232 e. The average molecular weight is 567 g/mol. The summed E-state index contributed by atoms with van der Waals surface area (Å²) in [4.78, 5) is 21.0. The van der Waals surface area contributed by atoms with E-state index in [0.717, 1.165) is 72.7 Å². The van der Waals surface area contributed by atoms with Gasteiger partial charge in [-0.1, -0.05) is 17.3 Å². The largest absolute Gasteiger partial charge is 0.339 e. The lowest BCUT2D eigenvalue weighted by Crippen LogP contribution is -2.65. The predicted octanol–water partition coefficient (Wildman–Crippen LogP) is 6.56. The number of amides is 1. The van der Waals surface area contributed by atoms with Crippen molar-refractivity contribution < 1.29 is 13.7 Å². The number of hydrogen-bond acceptors (Lipinski definition) is 6. The van der Waals surface area contributed by atoms with E-state index in [0.29, 0.717) is 38.1 Å². The molecule has 8 nitrogen and oxygen atoms in total. The Labute approximate surface area is 243 Å². The number of aromatic nitrogens is 5. The molecule has 1 aromatic carbocycles. The van der Waals surface area contributed by atoms with E-state index in [4.69, 9.17) is 9.51 Å². The lowest BCUT2D eigenvalue weighted by atomic mass is 9.41. The SMILES string of the molecule is O=C(CC12CC(F)(C1)C2)N(CC12CCC(c3nc(C4CC4)no3)(CC1)CC2)c1cccc(-c2ccn3cnnc3c2)c1. The number of nitrogens with zero attached hydrogens (tertiary/aromatic N) is 6. The van der Waals surface area contributed by atoms with Crippen LogP contribution in [-0.2, 0) is 10.2 Å². The lowest BCUT2D eigenvalue weighted by Gasteiger charge is -2.66. The number of carbonyl (C=O) groups is 1. The fourth-order valence-electron chi connectivity index (χ4n) is 8.75. The number of fused-ring (bicyclic) bond motifs is 4. The summed E-state index contributed by atoms with van der Waals surface area (Å²) in [5.41, 5.74) is 2.68. The van der Waals surface area contributed by atoms with E-state index < -0.39 is 5.67 Å². The van der Waals surface area contributed by atoms with Crippen LogP contribution in [0.15, 0.2) is 53.4 Å². The van der Waals surface area contributed by atoms with Crippen molar-refractivity contribution in [2.24, 2.45) is 10.8 Å². The van der Waals surface area contributed by atoms with Crippen molar-refractivity contribution in [3.63, 3.8) is 0 Å². The first-order chi connectivity index (χ1) is 20.3. The van der Waals surface area contributed by atoms with Crippen molar-refractivity contribution >= 4 is 17.2 Å². The third-order valence-corrected chi connectivity index (χ3v) is 11.4. The van der Waals surface area contributed by atoms with Crippen molar-refractivity contribution in [1.29, 1.82) is 0 Å². The number of anilines is 1. The van der Waals surface area contributed by atoms with Gasteiger partial charge in [-0.3, -0.25) is 9.20 Å². The summed E-state index contributed by atoms with van der Waals surface area (Å²) < 4.78 is 22.1. The molecule has 4 aromatic rings. The fourth-order valence-corrected chi connectivity index (χ4v) is 8.75. The van der Waals surface area contributed by atoms with Crippen LogP contribution in [0.1, 0.15) is 94.7 Å². The molecule has 0 spiro atoms. The van der Waals surface area contributed by atoms with Crippen LogP contribution < -0.4 is 4.90 Å². The van der Waals surface area contributed by atoms with Gasteiger partial charge >= 0.3 is 0 Å². The van der Waals surface area contributed by atoms with Crippen LogP contribution in [-0.4, -0.2) is 42.9 Å². The molecule has 0 aliphatic heterocycles. The molecule has 216 valence electrons. The molecule has 0 unspecified atom stereocenters. The highest BCUT2D eigenvalue weighted by Crippen LogP contribution is 2.71. The number of benzene rings is 1. The Balaban J connectivity index is 0.998. The van der Waals surface area contributed by atoms with Gasteiger partial charge in [0.1, 0.15) is 12.0 Å². The second-order valence-electron chi connectivity index (χ2n) is 14.4. The number of alkyl halides is 1. The first kappa shape index (κ1) is 24.9. The van der Waals surface area contributed by atoms with Crippen LogP contribution >= 0.6 is 0 Å². The molecule has 42 heavy (non-hydrogen) atoms. The topological polar surface area (TPSA) is 89.4 Å². The van der Waals surface area contributed by atoms with Crippen molar-refractivity contribution in [2.75, 3.05) is 11.4 Å². The molecule has 0 N–H and O–H groups in total. The first-order valence-corrected chi connectivity index (χ1v) is 15.6. The monoisotopic (exact) mass is 566 g/mol. The summed E-state index contributed by atoms with van der Waals surface area (Å²) in [6.07, 6.45) is 14.2. The summed E-state index contributed by atoms with van der Waals surface area (Å²) in [7, 11) is 0. The van der Waals surface area contributed by atoms with Crippen molar-refractivity contribution in [3.05, 3.63) is 60.6 Å². The van der Waals surface area contributed by atoms with Gasteiger partial charge in [0, 0.05) is 36.2 Å². The van der Waals surface area contributed by atoms with Gasteiger partial charge < -0.3 is 9.42 Å². The van der Waals surface area contributed by atoms with E-state index >= 15 is 0 Å². The Hall–Kier alpha value is -3.62. The maximum atomic E-state index is 14.4. The average Bonchev–Trinajstić information content (AvgIpc) is 3.51. The molecule has 9 heteroatoms. The van der Waals surface area contributed by atoms with Crippen molar-refractivity contribution in [3.8, 4) is 11.1 Å². The highest BCUT2D eigenvalue weighted by atomic mass is 19.1. The summed E-state index contributed by atoms with van der Waals surface area (Å²) in [6.45, 7) is 0.697. The molecule has 0 saturated heterocycles. The van der Waals surface area contributed by atoms with Crippen molar-refractivity contribution in [1.82, 2.24) is 24.7 Å². The van der Waals surface area contributed by atoms with E-state index in [1.165, 1.54) is 12.8 Å². The summed E-state index contributed by atoms with van der Waals surface area (Å²) in [5.74, 6) is 2.36. The van der Waals surface area contributed by atoms with Gasteiger partial charge in [-0.2, -0.15) is 4.98 Å². The Morgan fingerprint density at radius 3 is 2.50 bits per heavy atom. The van der Waals surface area contributed by atoms with Crippen LogP contribution in [0.25, 0.3) is 16.8 Å². The molecule has 4 bridgehead atoms. The third-order valence-electron chi connectivity index (χ3n) is 11.4. The van der Waals surface area contributed by atoms with Gasteiger partial charge in [-0.25, -0.2) is 4.39 Å². The molecular weight excluding hydrogens is 531 g/mol. The zero-order chi connectivity index (χ0) is 28.2. The van der Waals surface area contributed by atoms with Crippen LogP contribution in [0.2, 0.25) is 0 Å². The molecule has 3 heterocycles. The van der Waals surface area contributed by atoms with Gasteiger partial charge in [0.15, 0.2) is 11.5 Å². The highest BCUT2D eigenvalue weighted by molar-refractivity contribution is 5.95. The molecule has 3 aromatic heterocycles. The standard InChI is InChI=1S/C33H35FN6O2/c34-33-17-31(18-33,19-33)16-27(41)40(25-3-1-2-23(14-25)24-6-13-39-21-35-37-26(39)15-24)20-30-7-10-32(11-8-30,12-9-30)29-36-28(38-42-29)22-4-5-22/h1-3,6,13-15,21-22H,4-5,7-12,16-20H2. The van der Waals surface area contributed by atoms with Gasteiger partial charge in [0.05, 0.1) is 0 Å². The summed E-state index contributed by atoms with van der Waals surface area (Å²) >= 11 is 0. The van der Waals surface area contributed by atoms with Gasteiger partial charge in [0.2, 0.25) is 11.8 Å². The Kier molecular flexibility index (Phi) is 5.03. The number of pyridine rings is 1. The highest BCUT2D eigenvalue weighted by Gasteiger charge is 2.69. The van der Waals surface area contributed by atoms with Crippen LogP contribution in [0.4, 0.5) is 10.1 Å². The van der Waals surface area contributed by atoms with Crippen LogP contribution in [0, 0.1) is 10.8 Å². The maximum absolute atomic E-state index is 14.4.